The minimum atomic E-state index is 0.190. The first-order valence-electron chi connectivity index (χ1n) is 9.61. The molecular formula is C22H22BrN5O. The van der Waals surface area contributed by atoms with Crippen LogP contribution >= 0.6 is 15.9 Å². The summed E-state index contributed by atoms with van der Waals surface area (Å²) in [6.07, 6.45) is 0.947. The Morgan fingerprint density at radius 2 is 2.10 bits per heavy atom. The third-order valence-corrected chi connectivity index (χ3v) is 6.27. The first-order chi connectivity index (χ1) is 14.1. The number of anilines is 2. The van der Waals surface area contributed by atoms with Crippen LogP contribution in [0.2, 0.25) is 0 Å². The first-order valence-corrected chi connectivity index (χ1v) is 10.4. The van der Waals surface area contributed by atoms with Gasteiger partial charge in [0.25, 0.3) is 0 Å². The first kappa shape index (κ1) is 19.6. The van der Waals surface area contributed by atoms with E-state index >= 15 is 0 Å². The molecule has 2 aromatic carbocycles. The van der Waals surface area contributed by atoms with E-state index in [0.717, 1.165) is 46.1 Å². The highest BCUT2D eigenvalue weighted by atomic mass is 79.9. The summed E-state index contributed by atoms with van der Waals surface area (Å²) in [5.74, 6) is 1.76. The van der Waals surface area contributed by atoms with Crippen LogP contribution < -0.4 is 10.2 Å². The standard InChI is InChI=1S/C22H22BrN5O/c1-14-3-4-15(9-20(14)23)11-25-21-19-10-17(24-2)5-6-18(19)22(27-26-21)28-8-7-16(12-28)13-29/h3-6,9-10,16,29H,7-8,11-13H2,1H3,(H,25,26). The van der Waals surface area contributed by atoms with Crippen LogP contribution in [0.3, 0.4) is 0 Å². The van der Waals surface area contributed by atoms with Crippen LogP contribution in [0, 0.1) is 19.4 Å². The van der Waals surface area contributed by atoms with Crippen LogP contribution in [0.25, 0.3) is 15.6 Å². The molecule has 1 aromatic heterocycles. The van der Waals surface area contributed by atoms with Crippen LogP contribution in [0.5, 0.6) is 0 Å². The Labute approximate surface area is 178 Å². The maximum Gasteiger partial charge on any atom is 0.188 e. The predicted molar refractivity (Wildman–Crippen MR) is 119 cm³/mol. The number of fused-ring (bicyclic) bond motifs is 1. The highest BCUT2D eigenvalue weighted by Crippen LogP contribution is 2.34. The molecule has 4 rings (SSSR count). The Bertz CT molecular complexity index is 1090. The molecule has 1 aliphatic heterocycles. The van der Waals surface area contributed by atoms with Gasteiger partial charge in [0, 0.05) is 47.4 Å². The van der Waals surface area contributed by atoms with Crippen molar-refractivity contribution < 1.29 is 5.11 Å². The van der Waals surface area contributed by atoms with E-state index in [1.165, 1.54) is 5.56 Å². The van der Waals surface area contributed by atoms with Crippen molar-refractivity contribution in [3.05, 3.63) is 63.4 Å². The molecule has 0 bridgehead atoms. The second-order valence-electron chi connectivity index (χ2n) is 7.43. The number of nitrogens with zero attached hydrogens (tertiary/aromatic N) is 4. The zero-order chi connectivity index (χ0) is 20.4. The predicted octanol–water partition coefficient (Wildman–Crippen LogP) is 4.68. The highest BCUT2D eigenvalue weighted by molar-refractivity contribution is 9.10. The topological polar surface area (TPSA) is 65.6 Å². The summed E-state index contributed by atoms with van der Waals surface area (Å²) in [7, 11) is 0. The number of aliphatic hydroxyl groups is 1. The number of aromatic nitrogens is 2. The summed E-state index contributed by atoms with van der Waals surface area (Å²) in [5, 5.41) is 23.7. The van der Waals surface area contributed by atoms with E-state index in [1.54, 1.807) is 0 Å². The molecule has 6 nitrogen and oxygen atoms in total. The lowest BCUT2D eigenvalue weighted by Crippen LogP contribution is -2.22. The third-order valence-electron chi connectivity index (χ3n) is 5.41. The van der Waals surface area contributed by atoms with Crippen molar-refractivity contribution in [2.75, 3.05) is 29.9 Å². The van der Waals surface area contributed by atoms with Crippen LogP contribution in [-0.2, 0) is 6.54 Å². The fraction of sp³-hybridized carbons (Fsp3) is 0.318. The molecule has 1 atom stereocenters. The molecule has 0 saturated carbocycles. The maximum absolute atomic E-state index is 9.46. The number of nitrogens with one attached hydrogen (secondary N) is 1. The number of halogens is 1. The lowest BCUT2D eigenvalue weighted by molar-refractivity contribution is 0.238. The van der Waals surface area contributed by atoms with Crippen LogP contribution in [0.15, 0.2) is 40.9 Å². The smallest absolute Gasteiger partial charge is 0.188 e. The molecule has 1 unspecified atom stereocenters. The number of hydrogen-bond acceptors (Lipinski definition) is 5. The molecular weight excluding hydrogens is 430 g/mol. The SMILES string of the molecule is [C-]#[N+]c1ccc2c(N3CCC(CO)C3)nnc(NCc3ccc(C)c(Br)c3)c2c1. The second-order valence-corrected chi connectivity index (χ2v) is 8.29. The zero-order valence-electron chi connectivity index (χ0n) is 16.2. The van der Waals surface area contributed by atoms with Crippen molar-refractivity contribution in [3.8, 4) is 0 Å². The molecule has 7 heteroatoms. The largest absolute Gasteiger partial charge is 0.396 e. The molecule has 0 amide bonds. The van der Waals surface area contributed by atoms with E-state index in [9.17, 15) is 5.11 Å². The summed E-state index contributed by atoms with van der Waals surface area (Å²) >= 11 is 3.58. The number of benzene rings is 2. The summed E-state index contributed by atoms with van der Waals surface area (Å²) in [6.45, 7) is 11.9. The van der Waals surface area contributed by atoms with Gasteiger partial charge in [-0.2, -0.15) is 0 Å². The van der Waals surface area contributed by atoms with E-state index in [0.29, 0.717) is 18.1 Å². The normalized spacial score (nSPS) is 16.2. The summed E-state index contributed by atoms with van der Waals surface area (Å²) < 4.78 is 1.07. The van der Waals surface area contributed by atoms with E-state index in [2.05, 4.69) is 66.3 Å². The number of aryl methyl sites for hydroxylation is 1. The molecule has 2 N–H and O–H groups in total. The van der Waals surface area contributed by atoms with Crippen molar-refractivity contribution >= 4 is 44.0 Å². The molecule has 0 spiro atoms. The average Bonchev–Trinajstić information content (AvgIpc) is 3.23. The third kappa shape index (κ3) is 4.04. The molecule has 1 aliphatic rings. The minimum Gasteiger partial charge on any atom is -0.396 e. The maximum atomic E-state index is 9.46. The van der Waals surface area contributed by atoms with Gasteiger partial charge in [0.2, 0.25) is 0 Å². The number of aliphatic hydroxyl groups excluding tert-OH is 1. The monoisotopic (exact) mass is 451 g/mol. The van der Waals surface area contributed by atoms with Gasteiger partial charge in [-0.15, -0.1) is 10.2 Å². The average molecular weight is 452 g/mol. The van der Waals surface area contributed by atoms with Crippen molar-refractivity contribution in [2.24, 2.45) is 5.92 Å². The van der Waals surface area contributed by atoms with Crippen LogP contribution in [-0.4, -0.2) is 35.0 Å². The highest BCUT2D eigenvalue weighted by Gasteiger charge is 2.25. The molecule has 1 fully saturated rings. The quantitative estimate of drug-likeness (QED) is 0.551. The van der Waals surface area contributed by atoms with Crippen molar-refractivity contribution in [3.63, 3.8) is 0 Å². The van der Waals surface area contributed by atoms with Crippen LogP contribution in [0.1, 0.15) is 17.5 Å². The van der Waals surface area contributed by atoms with Gasteiger partial charge >= 0.3 is 0 Å². The Morgan fingerprint density at radius 1 is 1.24 bits per heavy atom. The summed E-state index contributed by atoms with van der Waals surface area (Å²) in [4.78, 5) is 5.75. The van der Waals surface area contributed by atoms with Gasteiger partial charge in [-0.05, 0) is 36.6 Å². The van der Waals surface area contributed by atoms with Gasteiger partial charge in [0.15, 0.2) is 17.3 Å². The molecule has 0 aliphatic carbocycles. The Hall–Kier alpha value is -2.69. The number of hydrogen-bond donors (Lipinski definition) is 2. The lowest BCUT2D eigenvalue weighted by Gasteiger charge is -2.20. The number of rotatable bonds is 5. The Kier molecular flexibility index (Phi) is 5.65. The van der Waals surface area contributed by atoms with Gasteiger partial charge in [-0.25, -0.2) is 4.85 Å². The molecule has 0 radical (unpaired) electrons. The Morgan fingerprint density at radius 3 is 2.83 bits per heavy atom. The minimum absolute atomic E-state index is 0.190. The van der Waals surface area contributed by atoms with E-state index in [4.69, 9.17) is 6.57 Å². The molecule has 2 heterocycles. The van der Waals surface area contributed by atoms with Gasteiger partial charge in [0.1, 0.15) is 0 Å². The van der Waals surface area contributed by atoms with E-state index in [1.807, 2.05) is 18.2 Å². The summed E-state index contributed by atoms with van der Waals surface area (Å²) in [5.41, 5.74) is 2.90. The Balaban J connectivity index is 1.68. The van der Waals surface area contributed by atoms with Gasteiger partial charge in [-0.1, -0.05) is 40.2 Å². The fourth-order valence-corrected chi connectivity index (χ4v) is 4.09. The van der Waals surface area contributed by atoms with Crippen LogP contribution in [0.4, 0.5) is 17.3 Å². The van der Waals surface area contributed by atoms with Crippen molar-refractivity contribution in [1.29, 1.82) is 0 Å². The molecule has 3 aromatic rings. The van der Waals surface area contributed by atoms with Gasteiger partial charge < -0.3 is 15.3 Å². The zero-order valence-corrected chi connectivity index (χ0v) is 17.8. The second kappa shape index (κ2) is 8.36. The van der Waals surface area contributed by atoms with Crippen molar-refractivity contribution in [1.82, 2.24) is 10.2 Å². The van der Waals surface area contributed by atoms with E-state index < -0.39 is 0 Å². The molecule has 1 saturated heterocycles. The fourth-order valence-electron chi connectivity index (χ4n) is 3.67. The van der Waals surface area contributed by atoms with Gasteiger partial charge in [-0.3, -0.25) is 0 Å². The molecule has 148 valence electrons. The lowest BCUT2D eigenvalue weighted by atomic mass is 10.1. The van der Waals surface area contributed by atoms with Gasteiger partial charge in [0.05, 0.1) is 6.57 Å². The summed E-state index contributed by atoms with van der Waals surface area (Å²) in [6, 6.07) is 11.9. The van der Waals surface area contributed by atoms with Crippen molar-refractivity contribution in [2.45, 2.75) is 19.9 Å². The molecule has 29 heavy (non-hydrogen) atoms. The van der Waals surface area contributed by atoms with E-state index in [-0.39, 0.29) is 12.5 Å².